The molecule has 15 atom stereocenters. The predicted molar refractivity (Wildman–Crippen MR) is 184 cm³/mol. The highest BCUT2D eigenvalue weighted by Gasteiger charge is 2.70. The van der Waals surface area contributed by atoms with E-state index < -0.39 is 48.1 Å². The normalized spacial score (nSPS) is 50.5. The number of aliphatic hydroxyl groups excluding tert-OH is 3. The zero-order valence-corrected chi connectivity index (χ0v) is 31.2. The molecule has 5 aliphatic carbocycles. The lowest BCUT2D eigenvalue weighted by atomic mass is 9.33. The Labute approximate surface area is 293 Å². The van der Waals surface area contributed by atoms with Crippen molar-refractivity contribution in [2.45, 2.75) is 163 Å². The van der Waals surface area contributed by atoms with Crippen LogP contribution in [0.4, 0.5) is 0 Å². The van der Waals surface area contributed by atoms with E-state index in [1.807, 2.05) is 6.92 Å². The molecular weight excluding hydrogens is 624 g/mol. The van der Waals surface area contributed by atoms with Crippen LogP contribution in [0.25, 0.3) is 0 Å². The number of fused-ring (bicyclic) bond motifs is 7. The SMILES string of the molecule is CCCCOC(=O)C1OC(OC2CCC3(C)C(CCC4(C)C3CC=C3C5C(C)C(C)CCC5(C(=O)O)CCC34C)C2(C)C)C(O)C(O)C1O. The van der Waals surface area contributed by atoms with Crippen LogP contribution in [0.5, 0.6) is 0 Å². The van der Waals surface area contributed by atoms with E-state index >= 15 is 0 Å². The Morgan fingerprint density at radius 3 is 2.29 bits per heavy atom. The molecule has 1 heterocycles. The van der Waals surface area contributed by atoms with Crippen LogP contribution in [0.1, 0.15) is 126 Å². The molecule has 278 valence electrons. The fourth-order valence-corrected chi connectivity index (χ4v) is 12.8. The van der Waals surface area contributed by atoms with E-state index in [0.717, 1.165) is 64.2 Å². The molecule has 1 aliphatic heterocycles. The average Bonchev–Trinajstić information content (AvgIpc) is 3.04. The van der Waals surface area contributed by atoms with Crippen molar-refractivity contribution in [1.29, 1.82) is 0 Å². The maximum atomic E-state index is 13.0. The summed E-state index contributed by atoms with van der Waals surface area (Å²) in [5.74, 6) is 0.309. The lowest BCUT2D eigenvalue weighted by Crippen LogP contribution is -2.66. The van der Waals surface area contributed by atoms with Gasteiger partial charge in [-0.15, -0.1) is 0 Å². The Kier molecular flexibility index (Phi) is 9.77. The number of rotatable bonds is 7. The second kappa shape index (κ2) is 12.9. The molecule has 0 aromatic heterocycles. The van der Waals surface area contributed by atoms with E-state index in [-0.39, 0.29) is 40.3 Å². The van der Waals surface area contributed by atoms with Gasteiger partial charge in [0.05, 0.1) is 18.1 Å². The number of esters is 1. The molecule has 4 N–H and O–H groups in total. The topological polar surface area (TPSA) is 143 Å². The monoisotopic (exact) mass is 688 g/mol. The molecule has 5 fully saturated rings. The van der Waals surface area contributed by atoms with Crippen LogP contribution in [0, 0.1) is 56.7 Å². The number of aliphatic hydroxyl groups is 3. The van der Waals surface area contributed by atoms with Crippen LogP contribution in [0.3, 0.4) is 0 Å². The van der Waals surface area contributed by atoms with Crippen LogP contribution in [0.15, 0.2) is 11.6 Å². The zero-order valence-electron chi connectivity index (χ0n) is 31.2. The molecule has 0 aromatic rings. The minimum absolute atomic E-state index is 0.0154. The van der Waals surface area contributed by atoms with Crippen molar-refractivity contribution < 1.29 is 44.2 Å². The number of unbranched alkanes of at least 4 members (excludes halogenated alkanes) is 1. The fourth-order valence-electron chi connectivity index (χ4n) is 12.8. The number of hydrogen-bond acceptors (Lipinski definition) is 8. The molecule has 0 aromatic carbocycles. The van der Waals surface area contributed by atoms with Crippen LogP contribution < -0.4 is 0 Å². The number of carbonyl (C=O) groups is 2. The molecule has 15 unspecified atom stereocenters. The van der Waals surface area contributed by atoms with E-state index in [1.165, 1.54) is 5.57 Å². The summed E-state index contributed by atoms with van der Waals surface area (Å²) in [6.07, 6.45) is 4.38. The first-order chi connectivity index (χ1) is 22.9. The largest absolute Gasteiger partial charge is 0.481 e. The standard InChI is InChI=1S/C40H64O9/c1-9-10-21-47-33(44)32-30(42)29(41)31(43)34(49-32)48-27-15-16-37(6)25(36(27,4)5)14-17-39(8)26(37)12-11-24-28-23(3)22(2)13-18-40(28,35(45)46)20-19-38(24,39)7/h11,22-23,25-32,34,41-43H,9-10,12-21H2,1-8H3,(H,45,46). The summed E-state index contributed by atoms with van der Waals surface area (Å²) >= 11 is 0. The number of allylic oxidation sites excluding steroid dienone is 2. The van der Waals surface area contributed by atoms with Gasteiger partial charge in [-0.25, -0.2) is 4.79 Å². The highest BCUT2D eigenvalue weighted by Crippen LogP contribution is 2.76. The van der Waals surface area contributed by atoms with E-state index in [1.54, 1.807) is 0 Å². The third-order valence-electron chi connectivity index (χ3n) is 16.2. The van der Waals surface area contributed by atoms with Crippen molar-refractivity contribution in [1.82, 2.24) is 0 Å². The van der Waals surface area contributed by atoms with Gasteiger partial charge in [0.15, 0.2) is 12.4 Å². The average molecular weight is 689 g/mol. The van der Waals surface area contributed by atoms with Crippen molar-refractivity contribution in [2.75, 3.05) is 6.61 Å². The molecule has 49 heavy (non-hydrogen) atoms. The lowest BCUT2D eigenvalue weighted by molar-refractivity contribution is -0.324. The van der Waals surface area contributed by atoms with Crippen LogP contribution in [-0.4, -0.2) is 75.8 Å². The first kappa shape index (κ1) is 37.2. The predicted octanol–water partition coefficient (Wildman–Crippen LogP) is 6.26. The second-order valence-corrected chi connectivity index (χ2v) is 18.5. The molecule has 1 saturated heterocycles. The molecule has 0 amide bonds. The maximum absolute atomic E-state index is 13.0. The van der Waals surface area contributed by atoms with E-state index in [4.69, 9.17) is 14.2 Å². The molecule has 6 rings (SSSR count). The highest BCUT2D eigenvalue weighted by molar-refractivity contribution is 5.77. The number of aliphatic carboxylic acids is 1. The summed E-state index contributed by atoms with van der Waals surface area (Å²) in [5.41, 5.74) is 0.462. The molecule has 0 radical (unpaired) electrons. The van der Waals surface area contributed by atoms with Gasteiger partial charge in [-0.2, -0.15) is 0 Å². The Bertz CT molecular complexity index is 1310. The minimum Gasteiger partial charge on any atom is -0.481 e. The van der Waals surface area contributed by atoms with Gasteiger partial charge in [-0.1, -0.05) is 73.5 Å². The van der Waals surface area contributed by atoms with Gasteiger partial charge < -0.3 is 34.6 Å². The van der Waals surface area contributed by atoms with Gasteiger partial charge in [-0.05, 0) is 115 Å². The van der Waals surface area contributed by atoms with Crippen molar-refractivity contribution in [3.8, 4) is 0 Å². The Morgan fingerprint density at radius 1 is 0.898 bits per heavy atom. The number of ether oxygens (including phenoxy) is 3. The van der Waals surface area contributed by atoms with Crippen LogP contribution >= 0.6 is 0 Å². The molecule has 9 heteroatoms. The summed E-state index contributed by atoms with van der Waals surface area (Å²) < 4.78 is 17.7. The van der Waals surface area contributed by atoms with Gasteiger partial charge in [0.2, 0.25) is 0 Å². The fraction of sp³-hybridized carbons (Fsp3) is 0.900. The minimum atomic E-state index is -1.62. The van der Waals surface area contributed by atoms with E-state index in [0.29, 0.717) is 30.1 Å². The third kappa shape index (κ3) is 5.40. The van der Waals surface area contributed by atoms with Crippen molar-refractivity contribution >= 4 is 11.9 Å². The molecule has 0 bridgehead atoms. The first-order valence-corrected chi connectivity index (χ1v) is 19.4. The van der Waals surface area contributed by atoms with Crippen LogP contribution in [0.2, 0.25) is 0 Å². The second-order valence-electron chi connectivity index (χ2n) is 18.5. The number of hydrogen-bond donors (Lipinski definition) is 4. The quantitative estimate of drug-likeness (QED) is 0.105. The Hall–Kier alpha value is -1.52. The third-order valence-corrected chi connectivity index (χ3v) is 16.2. The lowest BCUT2D eigenvalue weighted by Gasteiger charge is -2.71. The Morgan fingerprint density at radius 2 is 1.61 bits per heavy atom. The number of carboxylic acid groups (broad SMARTS) is 1. The molecule has 4 saturated carbocycles. The van der Waals surface area contributed by atoms with Gasteiger partial charge in [0.1, 0.15) is 18.3 Å². The Balaban J connectivity index is 1.25. The van der Waals surface area contributed by atoms with E-state index in [9.17, 15) is 30.0 Å². The first-order valence-electron chi connectivity index (χ1n) is 19.4. The molecule has 9 nitrogen and oxygen atoms in total. The zero-order chi connectivity index (χ0) is 35.9. The summed E-state index contributed by atoms with van der Waals surface area (Å²) in [6, 6.07) is 0. The molecular formula is C40H64O9. The smallest absolute Gasteiger partial charge is 0.338 e. The van der Waals surface area contributed by atoms with Gasteiger partial charge in [0.25, 0.3) is 0 Å². The summed E-state index contributed by atoms with van der Waals surface area (Å²) in [5, 5.41) is 43.0. The number of carboxylic acids is 1. The molecule has 6 aliphatic rings. The van der Waals surface area contributed by atoms with E-state index in [2.05, 4.69) is 54.5 Å². The van der Waals surface area contributed by atoms with Crippen molar-refractivity contribution in [3.05, 3.63) is 11.6 Å². The van der Waals surface area contributed by atoms with Gasteiger partial charge in [0, 0.05) is 0 Å². The summed E-state index contributed by atoms with van der Waals surface area (Å²) in [6.45, 7) is 18.7. The summed E-state index contributed by atoms with van der Waals surface area (Å²) in [7, 11) is 0. The van der Waals surface area contributed by atoms with Crippen LogP contribution in [-0.2, 0) is 23.8 Å². The maximum Gasteiger partial charge on any atom is 0.338 e. The van der Waals surface area contributed by atoms with Gasteiger partial charge in [-0.3, -0.25) is 4.79 Å². The van der Waals surface area contributed by atoms with Gasteiger partial charge >= 0.3 is 11.9 Å². The van der Waals surface area contributed by atoms with Crippen molar-refractivity contribution in [2.24, 2.45) is 56.7 Å². The summed E-state index contributed by atoms with van der Waals surface area (Å²) in [4.78, 5) is 25.8. The van der Waals surface area contributed by atoms with Crippen molar-refractivity contribution in [3.63, 3.8) is 0 Å². The molecule has 0 spiro atoms. The highest BCUT2D eigenvalue weighted by atomic mass is 16.7. The number of carbonyl (C=O) groups excluding carboxylic acids is 1.